The molecule has 5 heteroatoms. The van der Waals surface area contributed by atoms with Gasteiger partial charge >= 0.3 is 0 Å². The van der Waals surface area contributed by atoms with Crippen molar-refractivity contribution in [1.82, 2.24) is 10.2 Å². The molecule has 28 heavy (non-hydrogen) atoms. The molecule has 2 amide bonds. The summed E-state index contributed by atoms with van der Waals surface area (Å²) in [6.45, 7) is 1.79. The maximum absolute atomic E-state index is 13.1. The second-order valence-electron chi connectivity index (χ2n) is 6.82. The Labute approximate surface area is 164 Å². The van der Waals surface area contributed by atoms with E-state index in [1.54, 1.807) is 24.1 Å². The van der Waals surface area contributed by atoms with Crippen LogP contribution < -0.4 is 5.32 Å². The zero-order valence-corrected chi connectivity index (χ0v) is 16.0. The number of amides is 2. The number of fused-ring (bicyclic) bond motifs is 1. The van der Waals surface area contributed by atoms with Gasteiger partial charge in [0.2, 0.25) is 11.8 Å². The number of benzene rings is 3. The van der Waals surface area contributed by atoms with Crippen molar-refractivity contribution in [3.8, 4) is 0 Å². The Hall–Kier alpha value is -3.21. The van der Waals surface area contributed by atoms with E-state index in [0.29, 0.717) is 0 Å². The highest BCUT2D eigenvalue weighted by atomic mass is 19.1. The van der Waals surface area contributed by atoms with E-state index in [4.69, 9.17) is 0 Å². The molecule has 0 aliphatic rings. The largest absolute Gasteiger partial charge is 0.347 e. The lowest BCUT2D eigenvalue weighted by atomic mass is 10.0. The lowest BCUT2D eigenvalue weighted by Gasteiger charge is -2.25. The first-order valence-corrected chi connectivity index (χ1v) is 9.20. The Kier molecular flexibility index (Phi) is 6.04. The van der Waals surface area contributed by atoms with Gasteiger partial charge in [0.15, 0.2) is 0 Å². The summed E-state index contributed by atoms with van der Waals surface area (Å²) in [5.41, 5.74) is 1.76. The van der Waals surface area contributed by atoms with Gasteiger partial charge < -0.3 is 10.2 Å². The lowest BCUT2D eigenvalue weighted by molar-refractivity contribution is -0.133. The van der Waals surface area contributed by atoms with Crippen LogP contribution in [0.25, 0.3) is 10.8 Å². The van der Waals surface area contributed by atoms with Crippen LogP contribution in [-0.2, 0) is 16.0 Å². The van der Waals surface area contributed by atoms with E-state index >= 15 is 0 Å². The average molecular weight is 378 g/mol. The SMILES string of the molecule is CC(c1ccc(F)cc1)N(C)C(=O)CNC(=O)Cc1cccc2ccccc12. The molecule has 4 nitrogen and oxygen atoms in total. The number of carbonyl (C=O) groups is 2. The molecule has 3 aromatic carbocycles. The lowest BCUT2D eigenvalue weighted by Crippen LogP contribution is -2.39. The van der Waals surface area contributed by atoms with Crippen LogP contribution in [0.5, 0.6) is 0 Å². The Morgan fingerprint density at radius 2 is 1.68 bits per heavy atom. The minimum atomic E-state index is -0.314. The van der Waals surface area contributed by atoms with Gasteiger partial charge in [-0.3, -0.25) is 9.59 Å². The van der Waals surface area contributed by atoms with Gasteiger partial charge in [-0.25, -0.2) is 4.39 Å². The monoisotopic (exact) mass is 378 g/mol. The summed E-state index contributed by atoms with van der Waals surface area (Å²) in [5.74, 6) is -0.721. The normalized spacial score (nSPS) is 11.8. The molecule has 0 bridgehead atoms. The molecule has 0 heterocycles. The van der Waals surface area contributed by atoms with Gasteiger partial charge in [-0.05, 0) is 41.0 Å². The highest BCUT2D eigenvalue weighted by Gasteiger charge is 2.18. The van der Waals surface area contributed by atoms with Crippen molar-refractivity contribution in [2.75, 3.05) is 13.6 Å². The summed E-state index contributed by atoms with van der Waals surface area (Å²) in [6, 6.07) is 19.6. The molecule has 144 valence electrons. The van der Waals surface area contributed by atoms with Crippen LogP contribution in [0.3, 0.4) is 0 Å². The van der Waals surface area contributed by atoms with E-state index in [-0.39, 0.29) is 36.6 Å². The van der Waals surface area contributed by atoms with Crippen molar-refractivity contribution < 1.29 is 14.0 Å². The smallest absolute Gasteiger partial charge is 0.242 e. The van der Waals surface area contributed by atoms with Crippen LogP contribution in [-0.4, -0.2) is 30.3 Å². The van der Waals surface area contributed by atoms with Gasteiger partial charge in [-0.2, -0.15) is 0 Å². The first-order chi connectivity index (χ1) is 13.5. The summed E-state index contributed by atoms with van der Waals surface area (Å²) in [6.07, 6.45) is 0.214. The molecule has 0 saturated heterocycles. The summed E-state index contributed by atoms with van der Waals surface area (Å²) in [7, 11) is 1.67. The van der Waals surface area contributed by atoms with E-state index in [1.807, 2.05) is 49.4 Å². The summed E-state index contributed by atoms with van der Waals surface area (Å²) >= 11 is 0. The topological polar surface area (TPSA) is 49.4 Å². The van der Waals surface area contributed by atoms with E-state index < -0.39 is 0 Å². The number of hydrogen-bond acceptors (Lipinski definition) is 2. The quantitative estimate of drug-likeness (QED) is 0.708. The van der Waals surface area contributed by atoms with E-state index in [9.17, 15) is 14.0 Å². The first-order valence-electron chi connectivity index (χ1n) is 9.20. The summed E-state index contributed by atoms with van der Waals surface area (Å²) in [4.78, 5) is 26.3. The predicted molar refractivity (Wildman–Crippen MR) is 108 cm³/mol. The molecule has 1 atom stereocenters. The fourth-order valence-corrected chi connectivity index (χ4v) is 3.16. The molecule has 1 N–H and O–H groups in total. The van der Waals surface area contributed by atoms with Gasteiger partial charge in [0.25, 0.3) is 0 Å². The molecular weight excluding hydrogens is 355 g/mol. The molecule has 1 unspecified atom stereocenters. The molecule has 0 saturated carbocycles. The maximum atomic E-state index is 13.1. The molecule has 0 aliphatic carbocycles. The van der Waals surface area contributed by atoms with E-state index in [1.165, 1.54) is 12.1 Å². The molecular formula is C23H23FN2O2. The van der Waals surface area contributed by atoms with Crippen LogP contribution in [0.4, 0.5) is 4.39 Å². The molecule has 0 fully saturated rings. The minimum absolute atomic E-state index is 0.0777. The van der Waals surface area contributed by atoms with Gasteiger partial charge in [0.1, 0.15) is 5.82 Å². The first kappa shape index (κ1) is 19.5. The van der Waals surface area contributed by atoms with Crippen molar-refractivity contribution in [3.05, 3.63) is 83.7 Å². The Morgan fingerprint density at radius 1 is 1.00 bits per heavy atom. The Bertz CT molecular complexity index is 980. The van der Waals surface area contributed by atoms with Crippen LogP contribution in [0, 0.1) is 5.82 Å². The molecule has 3 rings (SSSR count). The zero-order valence-electron chi connectivity index (χ0n) is 16.0. The highest BCUT2D eigenvalue weighted by Crippen LogP contribution is 2.20. The predicted octanol–water partition coefficient (Wildman–Crippen LogP) is 3.86. The number of nitrogens with one attached hydrogen (secondary N) is 1. The number of carbonyl (C=O) groups excluding carboxylic acids is 2. The van der Waals surface area contributed by atoms with Crippen molar-refractivity contribution in [3.63, 3.8) is 0 Å². The maximum Gasteiger partial charge on any atom is 0.242 e. The molecule has 3 aromatic rings. The number of likely N-dealkylation sites (N-methyl/N-ethyl adjacent to an activating group) is 1. The summed E-state index contributed by atoms with van der Waals surface area (Å²) < 4.78 is 13.1. The fraction of sp³-hybridized carbons (Fsp3) is 0.217. The van der Waals surface area contributed by atoms with Gasteiger partial charge in [0, 0.05) is 7.05 Å². The fourth-order valence-electron chi connectivity index (χ4n) is 3.16. The Morgan fingerprint density at radius 3 is 2.43 bits per heavy atom. The van der Waals surface area contributed by atoms with Gasteiger partial charge in [-0.1, -0.05) is 54.6 Å². The van der Waals surface area contributed by atoms with Crippen LogP contribution in [0.15, 0.2) is 66.7 Å². The van der Waals surface area contributed by atoms with Gasteiger partial charge in [0.05, 0.1) is 19.0 Å². The zero-order chi connectivity index (χ0) is 20.1. The standard InChI is InChI=1S/C23H23FN2O2/c1-16(17-10-12-20(24)13-11-17)26(2)23(28)15-25-22(27)14-19-8-5-7-18-6-3-4-9-21(18)19/h3-13,16H,14-15H2,1-2H3,(H,25,27). The van der Waals surface area contributed by atoms with Crippen molar-refractivity contribution in [2.45, 2.75) is 19.4 Å². The van der Waals surface area contributed by atoms with Crippen molar-refractivity contribution >= 4 is 22.6 Å². The number of nitrogens with zero attached hydrogens (tertiary/aromatic N) is 1. The number of hydrogen-bond donors (Lipinski definition) is 1. The molecule has 0 aromatic heterocycles. The van der Waals surface area contributed by atoms with Crippen LogP contribution in [0.1, 0.15) is 24.1 Å². The average Bonchev–Trinajstić information content (AvgIpc) is 2.72. The van der Waals surface area contributed by atoms with Crippen LogP contribution in [0.2, 0.25) is 0 Å². The van der Waals surface area contributed by atoms with E-state index in [2.05, 4.69) is 5.32 Å². The number of halogens is 1. The van der Waals surface area contributed by atoms with Crippen molar-refractivity contribution in [2.24, 2.45) is 0 Å². The van der Waals surface area contributed by atoms with Gasteiger partial charge in [-0.15, -0.1) is 0 Å². The minimum Gasteiger partial charge on any atom is -0.347 e. The second-order valence-corrected chi connectivity index (χ2v) is 6.82. The van der Waals surface area contributed by atoms with Crippen LogP contribution >= 0.6 is 0 Å². The summed E-state index contributed by atoms with van der Waals surface area (Å²) in [5, 5.41) is 4.82. The highest BCUT2D eigenvalue weighted by molar-refractivity contribution is 5.91. The Balaban J connectivity index is 1.57. The third-order valence-corrected chi connectivity index (χ3v) is 4.99. The molecule has 0 aliphatic heterocycles. The number of rotatable bonds is 6. The third kappa shape index (κ3) is 4.55. The second kappa shape index (κ2) is 8.65. The third-order valence-electron chi connectivity index (χ3n) is 4.99. The molecule has 0 spiro atoms. The van der Waals surface area contributed by atoms with Crippen molar-refractivity contribution in [1.29, 1.82) is 0 Å². The van der Waals surface area contributed by atoms with E-state index in [0.717, 1.165) is 21.9 Å². The molecule has 0 radical (unpaired) electrons.